The number of thiazole rings is 1. The summed E-state index contributed by atoms with van der Waals surface area (Å²) in [6.45, 7) is 0.246. The molecule has 0 N–H and O–H groups in total. The molecule has 6 heteroatoms. The van der Waals surface area contributed by atoms with Gasteiger partial charge in [-0.05, 0) is 17.2 Å². The third kappa shape index (κ3) is 3.86. The van der Waals surface area contributed by atoms with Crippen LogP contribution in [0.1, 0.15) is 5.56 Å². The third-order valence-corrected chi connectivity index (χ3v) is 7.23. The molecule has 0 radical (unpaired) electrons. The van der Waals surface area contributed by atoms with Gasteiger partial charge in [-0.1, -0.05) is 84.0 Å². The first-order chi connectivity index (χ1) is 14.3. The van der Waals surface area contributed by atoms with Crippen LogP contribution in [-0.4, -0.2) is 11.8 Å². The van der Waals surface area contributed by atoms with Crippen molar-refractivity contribution in [2.45, 2.75) is 10.1 Å². The number of rotatable bonds is 5. The Hall–Kier alpha value is -2.47. The molecule has 1 aromatic heterocycles. The van der Waals surface area contributed by atoms with E-state index in [4.69, 9.17) is 26.1 Å². The summed E-state index contributed by atoms with van der Waals surface area (Å²) in [5, 5.41) is 0.685. The van der Waals surface area contributed by atoms with Gasteiger partial charge in [0.25, 0.3) is 0 Å². The van der Waals surface area contributed by atoms with E-state index in [2.05, 4.69) is 36.4 Å². The van der Waals surface area contributed by atoms with Gasteiger partial charge in [0.2, 0.25) is 6.79 Å². The first-order valence-electron chi connectivity index (χ1n) is 9.10. The molecule has 3 nitrogen and oxygen atoms in total. The normalized spacial score (nSPS) is 12.3. The molecule has 5 rings (SSSR count). The quantitative estimate of drug-likeness (QED) is 0.310. The van der Waals surface area contributed by atoms with E-state index >= 15 is 0 Å². The topological polar surface area (TPSA) is 31.4 Å². The van der Waals surface area contributed by atoms with Crippen LogP contribution in [0.25, 0.3) is 21.7 Å². The molecule has 1 aliphatic rings. The number of hydrogen-bond donors (Lipinski definition) is 0. The minimum Gasteiger partial charge on any atom is -0.454 e. The number of fused-ring (bicyclic) bond motifs is 1. The minimum absolute atomic E-state index is 0.246. The number of thioether (sulfide) groups is 1. The molecule has 0 spiro atoms. The Balaban J connectivity index is 1.46. The van der Waals surface area contributed by atoms with E-state index in [1.165, 1.54) is 10.4 Å². The molecule has 2 heterocycles. The van der Waals surface area contributed by atoms with E-state index < -0.39 is 0 Å². The molecular weight excluding hydrogens is 422 g/mol. The van der Waals surface area contributed by atoms with Gasteiger partial charge < -0.3 is 9.47 Å². The predicted octanol–water partition coefficient (Wildman–Crippen LogP) is 7.15. The zero-order valence-corrected chi connectivity index (χ0v) is 17.7. The number of ether oxygens (including phenoxy) is 2. The fourth-order valence-electron chi connectivity index (χ4n) is 3.15. The van der Waals surface area contributed by atoms with E-state index in [1.54, 1.807) is 23.1 Å². The van der Waals surface area contributed by atoms with Crippen molar-refractivity contribution in [2.75, 3.05) is 6.79 Å². The van der Waals surface area contributed by atoms with Crippen molar-refractivity contribution < 1.29 is 9.47 Å². The van der Waals surface area contributed by atoms with E-state index in [9.17, 15) is 0 Å². The molecule has 0 saturated heterocycles. The van der Waals surface area contributed by atoms with Crippen molar-refractivity contribution in [1.29, 1.82) is 0 Å². The number of hydrogen-bond acceptors (Lipinski definition) is 5. The lowest BCUT2D eigenvalue weighted by atomic mass is 10.1. The summed E-state index contributed by atoms with van der Waals surface area (Å²) in [6, 6.07) is 24.5. The van der Waals surface area contributed by atoms with Crippen molar-refractivity contribution in [2.24, 2.45) is 0 Å². The van der Waals surface area contributed by atoms with E-state index in [0.717, 1.165) is 26.9 Å². The Labute approximate surface area is 182 Å². The summed E-state index contributed by atoms with van der Waals surface area (Å²) < 4.78 is 11.9. The summed E-state index contributed by atoms with van der Waals surface area (Å²) in [5.74, 6) is 2.17. The molecule has 0 unspecified atom stereocenters. The molecular formula is C23H16ClNO2S2. The Morgan fingerprint density at radius 1 is 0.897 bits per heavy atom. The van der Waals surface area contributed by atoms with Gasteiger partial charge in [-0.3, -0.25) is 0 Å². The fourth-order valence-corrected chi connectivity index (χ4v) is 5.61. The largest absolute Gasteiger partial charge is 0.454 e. The first kappa shape index (κ1) is 18.6. The van der Waals surface area contributed by atoms with Crippen molar-refractivity contribution in [3.63, 3.8) is 0 Å². The van der Waals surface area contributed by atoms with Crippen molar-refractivity contribution in [3.8, 4) is 33.2 Å². The molecule has 0 aliphatic carbocycles. The second-order valence-electron chi connectivity index (χ2n) is 6.48. The van der Waals surface area contributed by atoms with Crippen LogP contribution in [0, 0.1) is 0 Å². The highest BCUT2D eigenvalue weighted by Crippen LogP contribution is 2.43. The monoisotopic (exact) mass is 437 g/mol. The van der Waals surface area contributed by atoms with Crippen LogP contribution in [0.15, 0.2) is 77.1 Å². The van der Waals surface area contributed by atoms with Crippen LogP contribution in [0.3, 0.4) is 0 Å². The van der Waals surface area contributed by atoms with Crippen LogP contribution in [0.4, 0.5) is 0 Å². The fraction of sp³-hybridized carbons (Fsp3) is 0.0870. The van der Waals surface area contributed by atoms with Crippen LogP contribution < -0.4 is 9.47 Å². The Bertz CT molecular complexity index is 1090. The van der Waals surface area contributed by atoms with Gasteiger partial charge in [-0.15, -0.1) is 11.3 Å². The van der Waals surface area contributed by atoms with E-state index in [-0.39, 0.29) is 6.79 Å². The average Bonchev–Trinajstić information content (AvgIpc) is 3.40. The van der Waals surface area contributed by atoms with E-state index in [0.29, 0.717) is 16.5 Å². The lowest BCUT2D eigenvalue weighted by Crippen LogP contribution is -1.92. The zero-order valence-electron chi connectivity index (χ0n) is 15.3. The third-order valence-electron chi connectivity index (χ3n) is 4.58. The maximum absolute atomic E-state index is 6.44. The maximum Gasteiger partial charge on any atom is 0.231 e. The lowest BCUT2D eigenvalue weighted by molar-refractivity contribution is 0.174. The molecule has 144 valence electrons. The maximum atomic E-state index is 6.44. The van der Waals surface area contributed by atoms with Crippen LogP contribution >= 0.6 is 34.7 Å². The highest BCUT2D eigenvalue weighted by Gasteiger charge is 2.18. The van der Waals surface area contributed by atoms with Gasteiger partial charge in [0.05, 0.1) is 10.6 Å². The molecule has 3 aromatic carbocycles. The SMILES string of the molecule is Clc1cc2c(cc1CSc1nc(-c3ccccc3)c(-c3ccccc3)s1)OCO2. The molecule has 29 heavy (non-hydrogen) atoms. The Kier molecular flexibility index (Phi) is 5.19. The second-order valence-corrected chi connectivity index (χ2v) is 9.10. The lowest BCUT2D eigenvalue weighted by Gasteiger charge is -2.04. The number of aromatic nitrogens is 1. The first-order valence-corrected chi connectivity index (χ1v) is 11.3. The van der Waals surface area contributed by atoms with Crippen LogP contribution in [-0.2, 0) is 5.75 Å². The molecule has 0 bridgehead atoms. The van der Waals surface area contributed by atoms with Gasteiger partial charge in [0.1, 0.15) is 0 Å². The number of halogens is 1. The van der Waals surface area contributed by atoms with E-state index in [1.807, 2.05) is 36.4 Å². The Morgan fingerprint density at radius 2 is 1.55 bits per heavy atom. The van der Waals surface area contributed by atoms with Crippen molar-refractivity contribution in [3.05, 3.63) is 83.4 Å². The van der Waals surface area contributed by atoms with Crippen LogP contribution in [0.2, 0.25) is 5.02 Å². The molecule has 4 aromatic rings. The Morgan fingerprint density at radius 3 is 2.28 bits per heavy atom. The zero-order chi connectivity index (χ0) is 19.6. The standard InChI is InChI=1S/C23H16ClNO2S2/c24-18-12-20-19(26-14-27-20)11-17(18)13-28-23-25-21(15-7-3-1-4-8-15)22(29-23)16-9-5-2-6-10-16/h1-12H,13-14H2. The number of nitrogens with zero attached hydrogens (tertiary/aromatic N) is 1. The summed E-state index contributed by atoms with van der Waals surface area (Å²) in [6.07, 6.45) is 0. The average molecular weight is 438 g/mol. The minimum atomic E-state index is 0.246. The predicted molar refractivity (Wildman–Crippen MR) is 120 cm³/mol. The van der Waals surface area contributed by atoms with Gasteiger partial charge in [-0.2, -0.15) is 0 Å². The van der Waals surface area contributed by atoms with Gasteiger partial charge in [0, 0.05) is 22.4 Å². The summed E-state index contributed by atoms with van der Waals surface area (Å²) in [4.78, 5) is 6.13. The molecule has 0 amide bonds. The van der Waals surface area contributed by atoms with Crippen LogP contribution in [0.5, 0.6) is 11.5 Å². The molecule has 0 atom stereocenters. The van der Waals surface area contributed by atoms with Gasteiger partial charge in [0.15, 0.2) is 15.8 Å². The smallest absolute Gasteiger partial charge is 0.231 e. The second kappa shape index (κ2) is 8.11. The van der Waals surface area contributed by atoms with Gasteiger partial charge >= 0.3 is 0 Å². The summed E-state index contributed by atoms with van der Waals surface area (Å²) >= 11 is 9.83. The highest BCUT2D eigenvalue weighted by molar-refractivity contribution is 8.00. The highest BCUT2D eigenvalue weighted by atomic mass is 35.5. The van der Waals surface area contributed by atoms with Crippen molar-refractivity contribution >= 4 is 34.7 Å². The van der Waals surface area contributed by atoms with Crippen molar-refractivity contribution in [1.82, 2.24) is 4.98 Å². The molecule has 0 fully saturated rings. The summed E-state index contributed by atoms with van der Waals surface area (Å²) in [5.41, 5.74) is 4.33. The molecule has 1 aliphatic heterocycles. The summed E-state index contributed by atoms with van der Waals surface area (Å²) in [7, 11) is 0. The molecule has 0 saturated carbocycles. The number of benzene rings is 3. The van der Waals surface area contributed by atoms with Gasteiger partial charge in [-0.25, -0.2) is 4.98 Å².